The topological polar surface area (TPSA) is 43.4 Å². The van der Waals surface area contributed by atoms with Gasteiger partial charge < -0.3 is 9.53 Å². The maximum absolute atomic E-state index is 12.1. The second kappa shape index (κ2) is 9.66. The van der Waals surface area contributed by atoms with Crippen LogP contribution in [0.25, 0.3) is 0 Å². The van der Waals surface area contributed by atoms with Crippen molar-refractivity contribution in [2.24, 2.45) is 5.92 Å². The van der Waals surface area contributed by atoms with Gasteiger partial charge in [-0.3, -0.25) is 4.79 Å². The van der Waals surface area contributed by atoms with Crippen molar-refractivity contribution in [2.45, 2.75) is 32.1 Å². The van der Waals surface area contributed by atoms with Crippen LogP contribution in [-0.2, 0) is 22.4 Å². The molecule has 0 bridgehead atoms. The van der Waals surface area contributed by atoms with E-state index in [0.717, 1.165) is 30.4 Å². The number of benzene rings is 2. The van der Waals surface area contributed by atoms with Gasteiger partial charge in [0.15, 0.2) is 0 Å². The van der Waals surface area contributed by atoms with Crippen LogP contribution in [0.5, 0.6) is 5.75 Å². The molecule has 0 radical (unpaired) electrons. The highest BCUT2D eigenvalue weighted by Gasteiger charge is 2.14. The summed E-state index contributed by atoms with van der Waals surface area (Å²) in [6, 6.07) is 17.8. The van der Waals surface area contributed by atoms with E-state index < -0.39 is 0 Å². The molecule has 24 heavy (non-hydrogen) atoms. The molecule has 0 aliphatic heterocycles. The molecular weight excluding hydrogens is 300 g/mol. The number of aldehydes is 1. The van der Waals surface area contributed by atoms with Gasteiger partial charge in [-0.15, -0.1) is 0 Å². The summed E-state index contributed by atoms with van der Waals surface area (Å²) >= 11 is 0. The minimum atomic E-state index is -0.248. The largest absolute Gasteiger partial charge is 0.497 e. The van der Waals surface area contributed by atoms with Crippen LogP contribution in [0.1, 0.15) is 30.4 Å². The first-order valence-electron chi connectivity index (χ1n) is 8.35. The number of Topliss-reactive ketones (excluding diaryl/α,β-unsaturated/α-hetero) is 1. The van der Waals surface area contributed by atoms with Crippen LogP contribution in [0.15, 0.2) is 54.6 Å². The van der Waals surface area contributed by atoms with Gasteiger partial charge in [0.25, 0.3) is 0 Å². The summed E-state index contributed by atoms with van der Waals surface area (Å²) < 4.78 is 5.12. The highest BCUT2D eigenvalue weighted by Crippen LogP contribution is 2.17. The Kier molecular flexibility index (Phi) is 7.21. The molecule has 3 nitrogen and oxygen atoms in total. The predicted molar refractivity (Wildman–Crippen MR) is 95.3 cm³/mol. The second-order valence-electron chi connectivity index (χ2n) is 6.03. The zero-order valence-electron chi connectivity index (χ0n) is 14.1. The van der Waals surface area contributed by atoms with Crippen molar-refractivity contribution in [3.63, 3.8) is 0 Å². The molecule has 0 saturated carbocycles. The fourth-order valence-corrected chi connectivity index (χ4v) is 2.76. The lowest BCUT2D eigenvalue weighted by Crippen LogP contribution is -2.12. The summed E-state index contributed by atoms with van der Waals surface area (Å²) in [5, 5.41) is 0. The quantitative estimate of drug-likeness (QED) is 0.620. The zero-order valence-corrected chi connectivity index (χ0v) is 14.1. The smallest absolute Gasteiger partial charge is 0.133 e. The first-order valence-corrected chi connectivity index (χ1v) is 8.35. The van der Waals surface area contributed by atoms with E-state index in [1.807, 2.05) is 42.5 Å². The summed E-state index contributed by atoms with van der Waals surface area (Å²) in [7, 11) is 1.62. The molecular formula is C21H24O3. The average molecular weight is 324 g/mol. The lowest BCUT2D eigenvalue weighted by atomic mass is 9.93. The Morgan fingerprint density at radius 1 is 1.04 bits per heavy atom. The third-order valence-corrected chi connectivity index (χ3v) is 4.10. The van der Waals surface area contributed by atoms with Gasteiger partial charge in [0.2, 0.25) is 0 Å². The highest BCUT2D eigenvalue weighted by atomic mass is 16.5. The summed E-state index contributed by atoms with van der Waals surface area (Å²) in [5.41, 5.74) is 2.29. The number of carbonyl (C=O) groups excluding carboxylic acids is 2. The lowest BCUT2D eigenvalue weighted by molar-refractivity contribution is -0.122. The third-order valence-electron chi connectivity index (χ3n) is 4.10. The van der Waals surface area contributed by atoms with E-state index in [-0.39, 0.29) is 11.7 Å². The first kappa shape index (κ1) is 17.9. The lowest BCUT2D eigenvalue weighted by Gasteiger charge is -2.10. The van der Waals surface area contributed by atoms with E-state index in [2.05, 4.69) is 12.1 Å². The summed E-state index contributed by atoms with van der Waals surface area (Å²) in [5.74, 6) is 0.706. The Morgan fingerprint density at radius 3 is 2.38 bits per heavy atom. The first-order chi connectivity index (χ1) is 11.7. The molecule has 0 spiro atoms. The number of hydrogen-bond acceptors (Lipinski definition) is 3. The molecule has 2 rings (SSSR count). The monoisotopic (exact) mass is 324 g/mol. The molecule has 126 valence electrons. The van der Waals surface area contributed by atoms with Crippen LogP contribution >= 0.6 is 0 Å². The molecule has 0 aromatic heterocycles. The number of ether oxygens (including phenoxy) is 1. The molecule has 0 amide bonds. The molecule has 0 heterocycles. The fourth-order valence-electron chi connectivity index (χ4n) is 2.76. The van der Waals surface area contributed by atoms with Gasteiger partial charge >= 0.3 is 0 Å². The van der Waals surface area contributed by atoms with Gasteiger partial charge in [-0.1, -0.05) is 42.5 Å². The minimum absolute atomic E-state index is 0.163. The van der Waals surface area contributed by atoms with Crippen molar-refractivity contribution < 1.29 is 14.3 Å². The normalized spacial score (nSPS) is 11.7. The van der Waals surface area contributed by atoms with Crippen LogP contribution in [0, 0.1) is 5.92 Å². The van der Waals surface area contributed by atoms with Gasteiger partial charge in [-0.05, 0) is 42.5 Å². The number of carbonyl (C=O) groups is 2. The van der Waals surface area contributed by atoms with E-state index in [9.17, 15) is 9.59 Å². The number of ketones is 1. The van der Waals surface area contributed by atoms with Crippen LogP contribution in [-0.4, -0.2) is 19.2 Å². The molecule has 3 heteroatoms. The van der Waals surface area contributed by atoms with Crippen LogP contribution in [0.4, 0.5) is 0 Å². The van der Waals surface area contributed by atoms with E-state index in [1.54, 1.807) is 7.11 Å². The van der Waals surface area contributed by atoms with Gasteiger partial charge in [0.05, 0.1) is 7.11 Å². The molecule has 0 saturated heterocycles. The zero-order chi connectivity index (χ0) is 17.2. The van der Waals surface area contributed by atoms with Gasteiger partial charge in [-0.25, -0.2) is 0 Å². The van der Waals surface area contributed by atoms with Gasteiger partial charge in [0, 0.05) is 18.8 Å². The van der Waals surface area contributed by atoms with Crippen molar-refractivity contribution in [1.29, 1.82) is 0 Å². The molecule has 2 aromatic rings. The van der Waals surface area contributed by atoms with Gasteiger partial charge in [-0.2, -0.15) is 0 Å². The van der Waals surface area contributed by atoms with E-state index >= 15 is 0 Å². The minimum Gasteiger partial charge on any atom is -0.497 e. The van der Waals surface area contributed by atoms with Crippen molar-refractivity contribution >= 4 is 12.1 Å². The van der Waals surface area contributed by atoms with E-state index in [1.165, 1.54) is 5.56 Å². The Bertz CT molecular complexity index is 632. The average Bonchev–Trinajstić information content (AvgIpc) is 2.62. The van der Waals surface area contributed by atoms with Crippen LogP contribution in [0.2, 0.25) is 0 Å². The maximum Gasteiger partial charge on any atom is 0.133 e. The highest BCUT2D eigenvalue weighted by molar-refractivity contribution is 5.81. The van der Waals surface area contributed by atoms with Gasteiger partial charge in [0.1, 0.15) is 17.8 Å². The van der Waals surface area contributed by atoms with E-state index in [0.29, 0.717) is 19.3 Å². The molecule has 1 unspecified atom stereocenters. The Hall–Kier alpha value is -2.42. The van der Waals surface area contributed by atoms with E-state index in [4.69, 9.17) is 4.74 Å². The number of rotatable bonds is 10. The van der Waals surface area contributed by atoms with Crippen molar-refractivity contribution in [2.75, 3.05) is 7.11 Å². The fraction of sp³-hybridized carbons (Fsp3) is 0.333. The summed E-state index contributed by atoms with van der Waals surface area (Å²) in [6.45, 7) is 0. The number of aryl methyl sites for hydroxylation is 1. The van der Waals surface area contributed by atoms with Crippen LogP contribution < -0.4 is 4.74 Å². The summed E-state index contributed by atoms with van der Waals surface area (Å²) in [6.07, 6.45) is 4.08. The Morgan fingerprint density at radius 2 is 1.75 bits per heavy atom. The summed E-state index contributed by atoms with van der Waals surface area (Å²) in [4.78, 5) is 23.4. The number of methoxy groups -OCH3 is 1. The SMILES string of the molecule is COc1ccc(CC(C=O)CC(=O)CCCc2ccccc2)cc1. The molecule has 1 atom stereocenters. The van der Waals surface area contributed by atoms with Crippen molar-refractivity contribution in [3.05, 3.63) is 65.7 Å². The van der Waals surface area contributed by atoms with Crippen molar-refractivity contribution in [3.8, 4) is 5.75 Å². The number of hydrogen-bond donors (Lipinski definition) is 0. The molecule has 0 fully saturated rings. The second-order valence-corrected chi connectivity index (χ2v) is 6.03. The Labute approximate surface area is 143 Å². The maximum atomic E-state index is 12.1. The van der Waals surface area contributed by atoms with Crippen molar-refractivity contribution in [1.82, 2.24) is 0 Å². The molecule has 0 N–H and O–H groups in total. The Balaban J connectivity index is 1.76. The predicted octanol–water partition coefficient (Wildman–Crippen LogP) is 4.03. The van der Waals surface area contributed by atoms with Crippen LogP contribution in [0.3, 0.4) is 0 Å². The molecule has 0 aliphatic carbocycles. The standard InChI is InChI=1S/C21H24O3/c1-24-21-12-10-18(11-13-21)14-19(16-22)15-20(23)9-5-8-17-6-3-2-4-7-17/h2-4,6-7,10-13,16,19H,5,8-9,14-15H2,1H3. The molecule has 0 aliphatic rings. The molecule has 2 aromatic carbocycles. The third kappa shape index (κ3) is 5.99.